The fourth-order valence-corrected chi connectivity index (χ4v) is 2.73. The lowest BCUT2D eigenvalue weighted by molar-refractivity contribution is -0.131. The van der Waals surface area contributed by atoms with Crippen LogP contribution in [0.1, 0.15) is 23.6 Å². The number of nitrogens with zero attached hydrogens (tertiary/aromatic N) is 2. The van der Waals surface area contributed by atoms with E-state index < -0.39 is 0 Å². The number of methoxy groups -OCH3 is 1. The van der Waals surface area contributed by atoms with E-state index in [1.165, 1.54) is 5.56 Å². The number of carbonyl (C=O) groups excluding carboxylic acids is 1. The normalized spacial score (nSPS) is 10.8. The minimum atomic E-state index is 0.116. The van der Waals surface area contributed by atoms with E-state index in [1.807, 2.05) is 43.3 Å². The van der Waals surface area contributed by atoms with Gasteiger partial charge >= 0.3 is 0 Å². The van der Waals surface area contributed by atoms with Gasteiger partial charge in [0.25, 0.3) is 0 Å². The van der Waals surface area contributed by atoms with Gasteiger partial charge in [-0.3, -0.25) is 9.69 Å². The molecule has 4 nitrogen and oxygen atoms in total. The number of carbonyl (C=O) groups is 1. The van der Waals surface area contributed by atoms with Crippen LogP contribution in [0.25, 0.3) is 0 Å². The van der Waals surface area contributed by atoms with Crippen molar-refractivity contribution in [2.45, 2.75) is 26.4 Å². The fraction of sp³-hybridized carbons (Fsp3) is 0.381. The molecule has 0 spiro atoms. The van der Waals surface area contributed by atoms with E-state index >= 15 is 0 Å². The molecule has 25 heavy (non-hydrogen) atoms. The first-order valence-corrected chi connectivity index (χ1v) is 8.65. The topological polar surface area (TPSA) is 32.8 Å². The summed E-state index contributed by atoms with van der Waals surface area (Å²) in [5.74, 6) is 0.954. The first-order chi connectivity index (χ1) is 12.0. The van der Waals surface area contributed by atoms with Crippen molar-refractivity contribution in [1.29, 1.82) is 0 Å². The third kappa shape index (κ3) is 5.91. The summed E-state index contributed by atoms with van der Waals surface area (Å²) in [5, 5.41) is 0. The molecule has 0 fully saturated rings. The van der Waals surface area contributed by atoms with E-state index in [0.717, 1.165) is 23.3 Å². The first-order valence-electron chi connectivity index (χ1n) is 8.65. The maximum atomic E-state index is 12.5. The van der Waals surface area contributed by atoms with E-state index in [9.17, 15) is 4.79 Å². The summed E-state index contributed by atoms with van der Waals surface area (Å²) in [6.07, 6.45) is 1.03. The predicted molar refractivity (Wildman–Crippen MR) is 102 cm³/mol. The molecule has 0 aliphatic rings. The standard InChI is InChI=1S/C21H28N2O2/c1-5-17-9-11-18(12-10-17)15-23(3)21(24)16-22(2)14-19-7-6-8-20(13-19)25-4/h6-13H,5,14-16H2,1-4H3. The number of aryl methyl sites for hydroxylation is 1. The molecule has 0 N–H and O–H groups in total. The van der Waals surface area contributed by atoms with Crippen molar-refractivity contribution in [3.63, 3.8) is 0 Å². The minimum absolute atomic E-state index is 0.116. The van der Waals surface area contributed by atoms with Crippen LogP contribution in [0, 0.1) is 0 Å². The molecule has 0 atom stereocenters. The molecule has 134 valence electrons. The predicted octanol–water partition coefficient (Wildman–Crippen LogP) is 3.35. The molecule has 0 saturated carbocycles. The largest absolute Gasteiger partial charge is 0.497 e. The summed E-state index contributed by atoms with van der Waals surface area (Å²) in [4.78, 5) is 16.3. The Kier molecular flexibility index (Phi) is 7.02. The van der Waals surface area contributed by atoms with Gasteiger partial charge in [0, 0.05) is 20.1 Å². The van der Waals surface area contributed by atoms with Crippen LogP contribution in [0.15, 0.2) is 48.5 Å². The molecule has 0 aliphatic carbocycles. The molecule has 2 rings (SSSR count). The monoisotopic (exact) mass is 340 g/mol. The highest BCUT2D eigenvalue weighted by atomic mass is 16.5. The molecule has 0 bridgehead atoms. The molecule has 2 aromatic rings. The van der Waals surface area contributed by atoms with E-state index in [2.05, 4.69) is 31.2 Å². The molecular formula is C21H28N2O2. The zero-order valence-electron chi connectivity index (χ0n) is 15.7. The Morgan fingerprint density at radius 1 is 0.960 bits per heavy atom. The second-order valence-corrected chi connectivity index (χ2v) is 6.44. The SMILES string of the molecule is CCc1ccc(CN(C)C(=O)CN(C)Cc2cccc(OC)c2)cc1. The molecule has 0 radical (unpaired) electrons. The maximum absolute atomic E-state index is 12.5. The Bertz CT molecular complexity index is 683. The first kappa shape index (κ1) is 19.0. The van der Waals surface area contributed by atoms with Crippen LogP contribution < -0.4 is 4.74 Å². The maximum Gasteiger partial charge on any atom is 0.236 e. The zero-order valence-corrected chi connectivity index (χ0v) is 15.7. The molecule has 0 unspecified atom stereocenters. The second kappa shape index (κ2) is 9.23. The van der Waals surface area contributed by atoms with Crippen LogP contribution >= 0.6 is 0 Å². The van der Waals surface area contributed by atoms with E-state index in [-0.39, 0.29) is 5.91 Å². The lowest BCUT2D eigenvalue weighted by Crippen LogP contribution is -2.36. The van der Waals surface area contributed by atoms with Crippen molar-refractivity contribution in [2.24, 2.45) is 0 Å². The summed E-state index contributed by atoms with van der Waals surface area (Å²) in [5.41, 5.74) is 3.60. The van der Waals surface area contributed by atoms with Crippen molar-refractivity contribution in [3.05, 3.63) is 65.2 Å². The summed E-state index contributed by atoms with van der Waals surface area (Å²) < 4.78 is 5.24. The van der Waals surface area contributed by atoms with Crippen molar-refractivity contribution in [3.8, 4) is 5.75 Å². The summed E-state index contributed by atoms with van der Waals surface area (Å²) in [6, 6.07) is 16.4. The smallest absolute Gasteiger partial charge is 0.236 e. The van der Waals surface area contributed by atoms with E-state index in [4.69, 9.17) is 4.74 Å². The van der Waals surface area contributed by atoms with Crippen LogP contribution in [0.5, 0.6) is 5.75 Å². The fourth-order valence-electron chi connectivity index (χ4n) is 2.73. The van der Waals surface area contributed by atoms with Gasteiger partial charge in [-0.25, -0.2) is 0 Å². The molecule has 0 saturated heterocycles. The Hall–Kier alpha value is -2.33. The molecule has 2 aromatic carbocycles. The highest BCUT2D eigenvalue weighted by Gasteiger charge is 2.12. The van der Waals surface area contributed by atoms with Crippen LogP contribution in [0.2, 0.25) is 0 Å². The average Bonchev–Trinajstić information content (AvgIpc) is 2.62. The Labute approximate surface area is 151 Å². The van der Waals surface area contributed by atoms with Gasteiger partial charge in [-0.1, -0.05) is 43.3 Å². The Balaban J connectivity index is 1.86. The minimum Gasteiger partial charge on any atom is -0.497 e. The van der Waals surface area contributed by atoms with Crippen LogP contribution in [0.3, 0.4) is 0 Å². The Morgan fingerprint density at radius 3 is 2.28 bits per heavy atom. The van der Waals surface area contributed by atoms with Gasteiger partial charge in [0.05, 0.1) is 13.7 Å². The van der Waals surface area contributed by atoms with Crippen molar-refractivity contribution in [1.82, 2.24) is 9.80 Å². The molecule has 1 amide bonds. The van der Waals surface area contributed by atoms with Gasteiger partial charge in [0.2, 0.25) is 5.91 Å². The highest BCUT2D eigenvalue weighted by Crippen LogP contribution is 2.14. The summed E-state index contributed by atoms with van der Waals surface area (Å²) >= 11 is 0. The third-order valence-corrected chi connectivity index (χ3v) is 4.27. The quantitative estimate of drug-likeness (QED) is 0.739. The number of amides is 1. The van der Waals surface area contributed by atoms with Gasteiger partial charge in [0.1, 0.15) is 5.75 Å². The third-order valence-electron chi connectivity index (χ3n) is 4.27. The van der Waals surface area contributed by atoms with Gasteiger partial charge in [-0.05, 0) is 42.3 Å². The average molecular weight is 340 g/mol. The number of hydrogen-bond acceptors (Lipinski definition) is 3. The van der Waals surface area contributed by atoms with Gasteiger partial charge < -0.3 is 9.64 Å². The highest BCUT2D eigenvalue weighted by molar-refractivity contribution is 5.77. The molecule has 4 heteroatoms. The second-order valence-electron chi connectivity index (χ2n) is 6.44. The molecular weight excluding hydrogens is 312 g/mol. The van der Waals surface area contributed by atoms with Gasteiger partial charge in [0.15, 0.2) is 0 Å². The lowest BCUT2D eigenvalue weighted by Gasteiger charge is -2.22. The van der Waals surface area contributed by atoms with Gasteiger partial charge in [-0.2, -0.15) is 0 Å². The Morgan fingerprint density at radius 2 is 1.64 bits per heavy atom. The number of ether oxygens (including phenoxy) is 1. The van der Waals surface area contributed by atoms with Crippen molar-refractivity contribution < 1.29 is 9.53 Å². The molecule has 0 heterocycles. The summed E-state index contributed by atoms with van der Waals surface area (Å²) in [7, 11) is 5.48. The van der Waals surface area contributed by atoms with Crippen LogP contribution in [-0.2, 0) is 24.3 Å². The van der Waals surface area contributed by atoms with Crippen molar-refractivity contribution in [2.75, 3.05) is 27.7 Å². The number of hydrogen-bond donors (Lipinski definition) is 0. The number of likely N-dealkylation sites (N-methyl/N-ethyl adjacent to an activating group) is 2. The number of benzene rings is 2. The van der Waals surface area contributed by atoms with Crippen molar-refractivity contribution >= 4 is 5.91 Å². The molecule has 0 aromatic heterocycles. The summed E-state index contributed by atoms with van der Waals surface area (Å²) in [6.45, 7) is 3.88. The molecule has 0 aliphatic heterocycles. The van der Waals surface area contributed by atoms with E-state index in [0.29, 0.717) is 19.6 Å². The van der Waals surface area contributed by atoms with Crippen LogP contribution in [-0.4, -0.2) is 43.5 Å². The zero-order chi connectivity index (χ0) is 18.2. The number of rotatable bonds is 8. The van der Waals surface area contributed by atoms with Gasteiger partial charge in [-0.15, -0.1) is 0 Å². The van der Waals surface area contributed by atoms with E-state index in [1.54, 1.807) is 12.0 Å². The van der Waals surface area contributed by atoms with Crippen LogP contribution in [0.4, 0.5) is 0 Å². The lowest BCUT2D eigenvalue weighted by atomic mass is 10.1.